The molecule has 1 heterocycles. The lowest BCUT2D eigenvalue weighted by molar-refractivity contribution is -0.154. The minimum atomic E-state index is -0.367. The van der Waals surface area contributed by atoms with E-state index < -0.39 is 0 Å². The fourth-order valence-corrected chi connectivity index (χ4v) is 2.09. The molecule has 0 radical (unpaired) electrons. The molecule has 1 unspecified atom stereocenters. The molecule has 4 nitrogen and oxygen atoms in total. The van der Waals surface area contributed by atoms with E-state index in [1.54, 1.807) is 0 Å². The van der Waals surface area contributed by atoms with Gasteiger partial charge in [0, 0.05) is 19.4 Å². The summed E-state index contributed by atoms with van der Waals surface area (Å²) in [5.74, 6) is -0.593. The molecule has 0 spiro atoms. The summed E-state index contributed by atoms with van der Waals surface area (Å²) in [6, 6.07) is 9.53. The van der Waals surface area contributed by atoms with Crippen molar-refractivity contribution in [3.8, 4) is 0 Å². The number of carbonyl (C=O) groups excluding carboxylic acids is 1. The van der Waals surface area contributed by atoms with Gasteiger partial charge in [-0.1, -0.05) is 30.3 Å². The highest BCUT2D eigenvalue weighted by molar-refractivity contribution is 5.78. The quantitative estimate of drug-likeness (QED) is 0.820. The Kier molecular flexibility index (Phi) is 4.73. The topological polar surface area (TPSA) is 61.6 Å². The van der Waals surface area contributed by atoms with Gasteiger partial charge in [-0.25, -0.2) is 0 Å². The van der Waals surface area contributed by atoms with E-state index in [2.05, 4.69) is 0 Å². The van der Waals surface area contributed by atoms with Crippen LogP contribution in [0.15, 0.2) is 30.3 Å². The van der Waals surface area contributed by atoms with Crippen LogP contribution in [0.3, 0.4) is 0 Å². The zero-order valence-electron chi connectivity index (χ0n) is 10.4. The van der Waals surface area contributed by atoms with Crippen molar-refractivity contribution in [3.63, 3.8) is 0 Å². The largest absolute Gasteiger partial charge is 0.462 e. The van der Waals surface area contributed by atoms with Gasteiger partial charge in [0.15, 0.2) is 0 Å². The molecule has 1 fully saturated rings. The van der Waals surface area contributed by atoms with Gasteiger partial charge in [-0.05, 0) is 5.56 Å². The highest BCUT2D eigenvalue weighted by Crippen LogP contribution is 2.19. The lowest BCUT2D eigenvalue weighted by atomic mass is 9.99. The van der Waals surface area contributed by atoms with Crippen molar-refractivity contribution in [1.29, 1.82) is 0 Å². The molecule has 1 atom stereocenters. The SMILES string of the molecule is NCC(C(=O)OC1CCOCC1)c1ccccc1. The smallest absolute Gasteiger partial charge is 0.314 e. The second-order valence-corrected chi connectivity index (χ2v) is 4.45. The third-order valence-electron chi connectivity index (χ3n) is 3.17. The predicted octanol–water partition coefficient (Wildman–Crippen LogP) is 1.45. The molecule has 0 amide bonds. The van der Waals surface area contributed by atoms with Gasteiger partial charge < -0.3 is 15.2 Å². The van der Waals surface area contributed by atoms with Crippen LogP contribution in [0.2, 0.25) is 0 Å². The summed E-state index contributed by atoms with van der Waals surface area (Å²) < 4.78 is 10.7. The van der Waals surface area contributed by atoms with Crippen molar-refractivity contribution in [2.75, 3.05) is 19.8 Å². The van der Waals surface area contributed by atoms with E-state index in [1.807, 2.05) is 30.3 Å². The Morgan fingerprint density at radius 2 is 2.00 bits per heavy atom. The third kappa shape index (κ3) is 3.31. The first-order valence-electron chi connectivity index (χ1n) is 6.34. The summed E-state index contributed by atoms with van der Waals surface area (Å²) >= 11 is 0. The summed E-state index contributed by atoms with van der Waals surface area (Å²) in [6.45, 7) is 1.60. The second kappa shape index (κ2) is 6.52. The van der Waals surface area contributed by atoms with Crippen molar-refractivity contribution >= 4 is 5.97 Å². The van der Waals surface area contributed by atoms with Crippen LogP contribution in [-0.2, 0) is 14.3 Å². The van der Waals surface area contributed by atoms with E-state index in [1.165, 1.54) is 0 Å². The minimum absolute atomic E-state index is 0.0241. The van der Waals surface area contributed by atoms with Crippen molar-refractivity contribution in [2.45, 2.75) is 24.9 Å². The molecule has 0 saturated carbocycles. The number of hydrogen-bond donors (Lipinski definition) is 1. The van der Waals surface area contributed by atoms with Crippen molar-refractivity contribution < 1.29 is 14.3 Å². The van der Waals surface area contributed by atoms with Crippen molar-refractivity contribution in [1.82, 2.24) is 0 Å². The predicted molar refractivity (Wildman–Crippen MR) is 68.2 cm³/mol. The Hall–Kier alpha value is -1.39. The maximum atomic E-state index is 12.1. The number of benzene rings is 1. The number of nitrogens with two attached hydrogens (primary N) is 1. The van der Waals surface area contributed by atoms with Crippen LogP contribution in [0.5, 0.6) is 0 Å². The molecule has 2 rings (SSSR count). The monoisotopic (exact) mass is 249 g/mol. The average Bonchev–Trinajstić information content (AvgIpc) is 2.42. The zero-order chi connectivity index (χ0) is 12.8. The summed E-state index contributed by atoms with van der Waals surface area (Å²) in [6.07, 6.45) is 1.53. The van der Waals surface area contributed by atoms with Gasteiger partial charge in [0.05, 0.1) is 19.1 Å². The highest BCUT2D eigenvalue weighted by Gasteiger charge is 2.25. The number of hydrogen-bond acceptors (Lipinski definition) is 4. The molecule has 0 bridgehead atoms. The van der Waals surface area contributed by atoms with E-state index in [0.717, 1.165) is 18.4 Å². The Morgan fingerprint density at radius 3 is 2.61 bits per heavy atom. The number of rotatable bonds is 4. The summed E-state index contributed by atoms with van der Waals surface area (Å²) in [5, 5.41) is 0. The molecule has 4 heteroatoms. The molecule has 2 N–H and O–H groups in total. The maximum Gasteiger partial charge on any atom is 0.314 e. The Balaban J connectivity index is 1.97. The van der Waals surface area contributed by atoms with Crippen LogP contribution < -0.4 is 5.73 Å². The third-order valence-corrected chi connectivity index (χ3v) is 3.17. The molecule has 1 aromatic rings. The molecule has 1 aliphatic rings. The fraction of sp³-hybridized carbons (Fsp3) is 0.500. The van der Waals surface area contributed by atoms with Crippen LogP contribution >= 0.6 is 0 Å². The normalized spacial score (nSPS) is 18.3. The molecule has 1 saturated heterocycles. The van der Waals surface area contributed by atoms with Crippen LogP contribution in [0.25, 0.3) is 0 Å². The maximum absolute atomic E-state index is 12.1. The lowest BCUT2D eigenvalue weighted by Crippen LogP contribution is -2.31. The van der Waals surface area contributed by atoms with Gasteiger partial charge in [-0.3, -0.25) is 4.79 Å². The second-order valence-electron chi connectivity index (χ2n) is 4.45. The molecule has 1 aromatic carbocycles. The van der Waals surface area contributed by atoms with Gasteiger partial charge >= 0.3 is 5.97 Å². The van der Waals surface area contributed by atoms with E-state index in [4.69, 9.17) is 15.2 Å². The van der Waals surface area contributed by atoms with Gasteiger partial charge in [0.2, 0.25) is 0 Å². The highest BCUT2D eigenvalue weighted by atomic mass is 16.6. The van der Waals surface area contributed by atoms with Crippen LogP contribution in [-0.4, -0.2) is 31.8 Å². The van der Waals surface area contributed by atoms with Crippen LogP contribution in [0, 0.1) is 0 Å². The van der Waals surface area contributed by atoms with Gasteiger partial charge in [-0.15, -0.1) is 0 Å². The molecule has 1 aliphatic heterocycles. The number of ether oxygens (including phenoxy) is 2. The standard InChI is InChI=1S/C14H19NO3/c15-10-13(11-4-2-1-3-5-11)14(16)18-12-6-8-17-9-7-12/h1-5,12-13H,6-10,15H2. The summed E-state index contributed by atoms with van der Waals surface area (Å²) in [7, 11) is 0. The van der Waals surface area contributed by atoms with Gasteiger partial charge in [0.1, 0.15) is 6.10 Å². The first-order chi connectivity index (χ1) is 8.81. The average molecular weight is 249 g/mol. The van der Waals surface area contributed by atoms with Gasteiger partial charge in [-0.2, -0.15) is 0 Å². The zero-order valence-corrected chi connectivity index (χ0v) is 10.4. The summed E-state index contributed by atoms with van der Waals surface area (Å²) in [4.78, 5) is 12.1. The first kappa shape index (κ1) is 13.1. The molecule has 0 aliphatic carbocycles. The molecular formula is C14H19NO3. The Bertz CT molecular complexity index is 374. The minimum Gasteiger partial charge on any atom is -0.462 e. The summed E-state index contributed by atoms with van der Waals surface area (Å²) in [5.41, 5.74) is 6.60. The van der Waals surface area contributed by atoms with Crippen LogP contribution in [0.4, 0.5) is 0 Å². The van der Waals surface area contributed by atoms with Gasteiger partial charge in [0.25, 0.3) is 0 Å². The molecule has 18 heavy (non-hydrogen) atoms. The van der Waals surface area contributed by atoms with E-state index in [0.29, 0.717) is 13.2 Å². The van der Waals surface area contributed by atoms with E-state index in [-0.39, 0.29) is 24.5 Å². The number of esters is 1. The molecule has 0 aromatic heterocycles. The lowest BCUT2D eigenvalue weighted by Gasteiger charge is -2.24. The van der Waals surface area contributed by atoms with E-state index in [9.17, 15) is 4.79 Å². The molecule has 98 valence electrons. The van der Waals surface area contributed by atoms with Crippen LogP contribution in [0.1, 0.15) is 24.3 Å². The fourth-order valence-electron chi connectivity index (χ4n) is 2.09. The first-order valence-corrected chi connectivity index (χ1v) is 6.34. The Labute approximate surface area is 107 Å². The number of carbonyl (C=O) groups is 1. The van der Waals surface area contributed by atoms with Crippen molar-refractivity contribution in [2.24, 2.45) is 5.73 Å². The molecular weight excluding hydrogens is 230 g/mol. The van der Waals surface area contributed by atoms with E-state index >= 15 is 0 Å². The van der Waals surface area contributed by atoms with Crippen molar-refractivity contribution in [3.05, 3.63) is 35.9 Å². The Morgan fingerprint density at radius 1 is 1.33 bits per heavy atom.